The Bertz CT molecular complexity index is 654. The summed E-state index contributed by atoms with van der Waals surface area (Å²) in [6.45, 7) is 1.88. The molecule has 1 aliphatic heterocycles. The molecule has 19 heavy (non-hydrogen) atoms. The van der Waals surface area contributed by atoms with E-state index >= 15 is 0 Å². The number of fused-ring (bicyclic) bond motifs is 1. The molecule has 0 bridgehead atoms. The van der Waals surface area contributed by atoms with Crippen molar-refractivity contribution in [2.45, 2.75) is 19.3 Å². The zero-order valence-corrected chi connectivity index (χ0v) is 10.5. The monoisotopic (exact) mass is 254 g/mol. The summed E-state index contributed by atoms with van der Waals surface area (Å²) in [4.78, 5) is 14.7. The molecule has 1 saturated heterocycles. The smallest absolute Gasteiger partial charge is 0.167 e. The summed E-state index contributed by atoms with van der Waals surface area (Å²) in [5.74, 6) is 1.08. The summed E-state index contributed by atoms with van der Waals surface area (Å²) in [5, 5.41) is 9.94. The largest absolute Gasteiger partial charge is 0.383 e. The Balaban J connectivity index is 2.15. The van der Waals surface area contributed by atoms with Crippen molar-refractivity contribution < 1.29 is 0 Å². The highest BCUT2D eigenvalue weighted by Crippen LogP contribution is 2.26. The molecular weight excluding hydrogens is 240 g/mol. The van der Waals surface area contributed by atoms with Crippen LogP contribution in [0.3, 0.4) is 0 Å². The summed E-state index contributed by atoms with van der Waals surface area (Å²) >= 11 is 0. The Labute approximate surface area is 110 Å². The second-order valence-corrected chi connectivity index (χ2v) is 4.65. The van der Waals surface area contributed by atoms with Crippen LogP contribution in [0, 0.1) is 11.3 Å². The zero-order valence-electron chi connectivity index (χ0n) is 10.5. The van der Waals surface area contributed by atoms with Crippen LogP contribution in [0.15, 0.2) is 12.4 Å². The van der Waals surface area contributed by atoms with Gasteiger partial charge in [0, 0.05) is 13.1 Å². The molecule has 0 aromatic carbocycles. The van der Waals surface area contributed by atoms with Gasteiger partial charge in [-0.3, -0.25) is 0 Å². The van der Waals surface area contributed by atoms with Gasteiger partial charge in [-0.25, -0.2) is 15.0 Å². The van der Waals surface area contributed by atoms with Crippen molar-refractivity contribution in [3.63, 3.8) is 0 Å². The van der Waals surface area contributed by atoms with Crippen LogP contribution in [0.1, 0.15) is 24.8 Å². The fraction of sp³-hybridized carbons (Fsp3) is 0.385. The summed E-state index contributed by atoms with van der Waals surface area (Å²) in [6, 6.07) is 3.93. The second kappa shape index (κ2) is 4.69. The number of nitrogens with zero attached hydrogens (tertiary/aromatic N) is 5. The molecule has 0 amide bonds. The van der Waals surface area contributed by atoms with Crippen LogP contribution in [-0.2, 0) is 0 Å². The Hall–Kier alpha value is -2.42. The van der Waals surface area contributed by atoms with Crippen LogP contribution in [-0.4, -0.2) is 28.0 Å². The topological polar surface area (TPSA) is 91.7 Å². The first kappa shape index (κ1) is 11.7. The van der Waals surface area contributed by atoms with E-state index in [1.807, 2.05) is 0 Å². The van der Waals surface area contributed by atoms with Gasteiger partial charge in [0.05, 0.1) is 10.9 Å². The molecule has 0 radical (unpaired) electrons. The van der Waals surface area contributed by atoms with E-state index in [0.717, 1.165) is 25.9 Å². The summed E-state index contributed by atoms with van der Waals surface area (Å²) in [6.07, 6.45) is 4.91. The van der Waals surface area contributed by atoms with Crippen LogP contribution >= 0.6 is 0 Å². The van der Waals surface area contributed by atoms with E-state index in [0.29, 0.717) is 28.2 Å². The van der Waals surface area contributed by atoms with Gasteiger partial charge in [-0.05, 0) is 25.3 Å². The lowest BCUT2D eigenvalue weighted by Crippen LogP contribution is -2.31. The minimum atomic E-state index is 0.360. The highest BCUT2D eigenvalue weighted by atomic mass is 15.2. The summed E-state index contributed by atoms with van der Waals surface area (Å²) in [7, 11) is 0. The molecule has 1 aliphatic rings. The fourth-order valence-electron chi connectivity index (χ4n) is 2.43. The van der Waals surface area contributed by atoms with Crippen molar-refractivity contribution in [1.82, 2.24) is 15.0 Å². The second-order valence-electron chi connectivity index (χ2n) is 4.65. The maximum atomic E-state index is 9.30. The van der Waals surface area contributed by atoms with Gasteiger partial charge in [0.1, 0.15) is 24.0 Å². The molecular formula is C13H14N6. The molecule has 6 nitrogen and oxygen atoms in total. The van der Waals surface area contributed by atoms with Crippen LogP contribution < -0.4 is 10.6 Å². The van der Waals surface area contributed by atoms with E-state index in [-0.39, 0.29) is 0 Å². The maximum absolute atomic E-state index is 9.30. The van der Waals surface area contributed by atoms with Crippen molar-refractivity contribution in [2.75, 3.05) is 23.7 Å². The Kier molecular flexibility index (Phi) is 2.88. The van der Waals surface area contributed by atoms with Crippen LogP contribution in [0.2, 0.25) is 0 Å². The molecule has 2 aromatic rings. The first-order chi connectivity index (χ1) is 9.29. The fourth-order valence-corrected chi connectivity index (χ4v) is 2.43. The molecule has 0 unspecified atom stereocenters. The van der Waals surface area contributed by atoms with Crippen molar-refractivity contribution in [3.05, 3.63) is 18.0 Å². The van der Waals surface area contributed by atoms with Gasteiger partial charge in [0.2, 0.25) is 0 Å². The highest BCUT2D eigenvalue weighted by Gasteiger charge is 2.18. The third kappa shape index (κ3) is 2.03. The van der Waals surface area contributed by atoms with Gasteiger partial charge in [0.15, 0.2) is 5.65 Å². The number of hydrogen-bond acceptors (Lipinski definition) is 6. The van der Waals surface area contributed by atoms with E-state index in [9.17, 15) is 5.26 Å². The van der Waals surface area contributed by atoms with Gasteiger partial charge in [0.25, 0.3) is 0 Å². The quantitative estimate of drug-likeness (QED) is 0.828. The van der Waals surface area contributed by atoms with Gasteiger partial charge in [-0.1, -0.05) is 0 Å². The van der Waals surface area contributed by atoms with E-state index in [1.54, 1.807) is 6.07 Å². The lowest BCUT2D eigenvalue weighted by atomic mass is 10.1. The van der Waals surface area contributed by atoms with Crippen molar-refractivity contribution >= 4 is 22.7 Å². The molecule has 1 fully saturated rings. The standard InChI is InChI=1S/C13H14N6/c14-7-9-6-10-11(15)16-8-17-12(10)18-13(9)19-4-2-1-3-5-19/h6,8H,1-5H2,(H2,15,16,17,18). The highest BCUT2D eigenvalue weighted by molar-refractivity contribution is 5.88. The zero-order chi connectivity index (χ0) is 13.2. The predicted molar refractivity (Wildman–Crippen MR) is 72.5 cm³/mol. The normalized spacial score (nSPS) is 15.4. The third-order valence-corrected chi connectivity index (χ3v) is 3.41. The van der Waals surface area contributed by atoms with Gasteiger partial charge >= 0.3 is 0 Å². The van der Waals surface area contributed by atoms with Gasteiger partial charge in [-0.15, -0.1) is 0 Å². The molecule has 3 rings (SSSR count). The molecule has 0 saturated carbocycles. The predicted octanol–water partition coefficient (Wildman–Crippen LogP) is 1.47. The SMILES string of the molecule is N#Cc1cc2c(N)ncnc2nc1N1CCCCC1. The molecule has 2 aromatic heterocycles. The summed E-state index contributed by atoms with van der Waals surface area (Å²) < 4.78 is 0. The number of pyridine rings is 1. The summed E-state index contributed by atoms with van der Waals surface area (Å²) in [5.41, 5.74) is 6.88. The lowest BCUT2D eigenvalue weighted by Gasteiger charge is -2.28. The van der Waals surface area contributed by atoms with Crippen molar-refractivity contribution in [2.24, 2.45) is 0 Å². The first-order valence-corrected chi connectivity index (χ1v) is 6.36. The average molecular weight is 254 g/mol. The average Bonchev–Trinajstić information content (AvgIpc) is 2.47. The number of piperidine rings is 1. The number of nitrogens with two attached hydrogens (primary N) is 1. The van der Waals surface area contributed by atoms with Gasteiger partial charge in [-0.2, -0.15) is 5.26 Å². The maximum Gasteiger partial charge on any atom is 0.167 e. The van der Waals surface area contributed by atoms with Crippen molar-refractivity contribution in [3.8, 4) is 6.07 Å². The van der Waals surface area contributed by atoms with Crippen LogP contribution in [0.4, 0.5) is 11.6 Å². The molecule has 6 heteroatoms. The number of nitrogen functional groups attached to an aromatic ring is 1. The molecule has 0 spiro atoms. The molecule has 3 heterocycles. The molecule has 0 atom stereocenters. The van der Waals surface area contributed by atoms with E-state index in [4.69, 9.17) is 5.73 Å². The number of nitriles is 1. The Morgan fingerprint density at radius 3 is 2.74 bits per heavy atom. The Morgan fingerprint density at radius 1 is 1.21 bits per heavy atom. The lowest BCUT2D eigenvalue weighted by molar-refractivity contribution is 0.573. The molecule has 0 aliphatic carbocycles. The van der Waals surface area contributed by atoms with Gasteiger partial charge < -0.3 is 10.6 Å². The third-order valence-electron chi connectivity index (χ3n) is 3.41. The van der Waals surface area contributed by atoms with E-state index in [1.165, 1.54) is 12.7 Å². The van der Waals surface area contributed by atoms with Crippen LogP contribution in [0.25, 0.3) is 11.0 Å². The number of anilines is 2. The molecule has 96 valence electrons. The Morgan fingerprint density at radius 2 is 2.00 bits per heavy atom. The minimum absolute atomic E-state index is 0.360. The van der Waals surface area contributed by atoms with E-state index in [2.05, 4.69) is 25.9 Å². The number of aromatic nitrogens is 3. The van der Waals surface area contributed by atoms with Crippen molar-refractivity contribution in [1.29, 1.82) is 5.26 Å². The number of rotatable bonds is 1. The van der Waals surface area contributed by atoms with E-state index < -0.39 is 0 Å². The minimum Gasteiger partial charge on any atom is -0.383 e. The molecule has 2 N–H and O–H groups in total. The van der Waals surface area contributed by atoms with Crippen LogP contribution in [0.5, 0.6) is 0 Å². The first-order valence-electron chi connectivity index (χ1n) is 6.36. The number of hydrogen-bond donors (Lipinski definition) is 1.